The van der Waals surface area contributed by atoms with Crippen molar-refractivity contribution in [2.24, 2.45) is 0 Å². The van der Waals surface area contributed by atoms with Gasteiger partial charge in [0.05, 0.1) is 13.0 Å². The largest absolute Gasteiger partial charge is 0.481 e. The molecular weight excluding hydrogens is 186 g/mol. The molecule has 0 aromatic rings. The Kier molecular flexibility index (Phi) is 7.83. The number of nitrogens with one attached hydrogen (secondary N) is 1. The standard InChI is InChI=1S/C9H17NO4/c1-2-6-14-7-5-10-8(11)3-4-9(12)13/h2-7H2,1H3,(H,10,11)(H,12,13). The van der Waals surface area contributed by atoms with Gasteiger partial charge in [0.15, 0.2) is 0 Å². The van der Waals surface area contributed by atoms with Gasteiger partial charge in [-0.3, -0.25) is 9.59 Å². The van der Waals surface area contributed by atoms with Crippen molar-refractivity contribution in [3.05, 3.63) is 0 Å². The Balaban J connectivity index is 3.22. The van der Waals surface area contributed by atoms with Crippen molar-refractivity contribution in [2.45, 2.75) is 26.2 Å². The Labute approximate surface area is 83.4 Å². The quantitative estimate of drug-likeness (QED) is 0.560. The lowest BCUT2D eigenvalue weighted by Crippen LogP contribution is -2.27. The first kappa shape index (κ1) is 12.9. The lowest BCUT2D eigenvalue weighted by molar-refractivity contribution is -0.138. The van der Waals surface area contributed by atoms with Crippen LogP contribution < -0.4 is 5.32 Å². The number of carboxylic acid groups (broad SMARTS) is 1. The molecule has 5 heteroatoms. The van der Waals surface area contributed by atoms with Crippen LogP contribution >= 0.6 is 0 Å². The molecule has 0 heterocycles. The maximum atomic E-state index is 11.0. The molecule has 0 unspecified atom stereocenters. The van der Waals surface area contributed by atoms with Crippen molar-refractivity contribution < 1.29 is 19.4 Å². The Morgan fingerprint density at radius 1 is 1.29 bits per heavy atom. The first-order chi connectivity index (χ1) is 6.66. The summed E-state index contributed by atoms with van der Waals surface area (Å²) in [5.41, 5.74) is 0. The summed E-state index contributed by atoms with van der Waals surface area (Å²) < 4.78 is 5.13. The lowest BCUT2D eigenvalue weighted by Gasteiger charge is -2.04. The summed E-state index contributed by atoms with van der Waals surface area (Å²) in [5.74, 6) is -1.20. The molecular formula is C9H17NO4. The van der Waals surface area contributed by atoms with Crippen LogP contribution in [-0.4, -0.2) is 36.7 Å². The number of carbonyl (C=O) groups excluding carboxylic acids is 1. The fourth-order valence-corrected chi connectivity index (χ4v) is 0.818. The smallest absolute Gasteiger partial charge is 0.303 e. The van der Waals surface area contributed by atoms with Gasteiger partial charge in [0.1, 0.15) is 0 Å². The topological polar surface area (TPSA) is 75.6 Å². The van der Waals surface area contributed by atoms with Gasteiger partial charge in [0.25, 0.3) is 0 Å². The van der Waals surface area contributed by atoms with E-state index in [0.29, 0.717) is 19.8 Å². The molecule has 0 radical (unpaired) electrons. The Bertz CT molecular complexity index is 182. The van der Waals surface area contributed by atoms with Crippen LogP contribution in [0.4, 0.5) is 0 Å². The van der Waals surface area contributed by atoms with Crippen LogP contribution in [0.25, 0.3) is 0 Å². The van der Waals surface area contributed by atoms with Gasteiger partial charge < -0.3 is 15.2 Å². The van der Waals surface area contributed by atoms with Crippen molar-refractivity contribution in [3.8, 4) is 0 Å². The summed E-state index contributed by atoms with van der Waals surface area (Å²) >= 11 is 0. The summed E-state index contributed by atoms with van der Waals surface area (Å²) in [6, 6.07) is 0. The molecule has 0 rings (SSSR count). The van der Waals surface area contributed by atoms with Gasteiger partial charge in [-0.15, -0.1) is 0 Å². The van der Waals surface area contributed by atoms with E-state index in [-0.39, 0.29) is 18.7 Å². The zero-order chi connectivity index (χ0) is 10.8. The zero-order valence-corrected chi connectivity index (χ0v) is 8.41. The molecule has 0 aliphatic rings. The van der Waals surface area contributed by atoms with Crippen LogP contribution in [0, 0.1) is 0 Å². The second kappa shape index (κ2) is 8.50. The van der Waals surface area contributed by atoms with Gasteiger partial charge in [0, 0.05) is 19.6 Å². The van der Waals surface area contributed by atoms with E-state index in [1.54, 1.807) is 0 Å². The molecule has 0 aromatic heterocycles. The number of amides is 1. The fourth-order valence-electron chi connectivity index (χ4n) is 0.818. The molecule has 0 aliphatic heterocycles. The van der Waals surface area contributed by atoms with E-state index in [0.717, 1.165) is 6.42 Å². The van der Waals surface area contributed by atoms with Crippen LogP contribution in [0.2, 0.25) is 0 Å². The van der Waals surface area contributed by atoms with E-state index >= 15 is 0 Å². The van der Waals surface area contributed by atoms with Crippen LogP contribution in [0.15, 0.2) is 0 Å². The van der Waals surface area contributed by atoms with Crippen molar-refractivity contribution in [2.75, 3.05) is 19.8 Å². The molecule has 0 spiro atoms. The number of hydrogen-bond acceptors (Lipinski definition) is 3. The Hall–Kier alpha value is -1.10. The molecule has 0 saturated carbocycles. The van der Waals surface area contributed by atoms with Gasteiger partial charge in [-0.25, -0.2) is 0 Å². The average Bonchev–Trinajstić information content (AvgIpc) is 2.14. The summed E-state index contributed by atoms with van der Waals surface area (Å²) in [6.07, 6.45) is 0.859. The minimum Gasteiger partial charge on any atom is -0.481 e. The van der Waals surface area contributed by atoms with E-state index in [1.165, 1.54) is 0 Å². The van der Waals surface area contributed by atoms with Crippen molar-refractivity contribution >= 4 is 11.9 Å². The second-order valence-corrected chi connectivity index (χ2v) is 2.86. The number of aliphatic carboxylic acids is 1. The molecule has 5 nitrogen and oxygen atoms in total. The highest BCUT2D eigenvalue weighted by molar-refractivity contribution is 5.80. The van der Waals surface area contributed by atoms with Gasteiger partial charge in [-0.05, 0) is 6.42 Å². The molecule has 0 fully saturated rings. The van der Waals surface area contributed by atoms with Gasteiger partial charge in [0.2, 0.25) is 5.91 Å². The van der Waals surface area contributed by atoms with Crippen LogP contribution in [0.3, 0.4) is 0 Å². The molecule has 14 heavy (non-hydrogen) atoms. The molecule has 1 amide bonds. The molecule has 0 aromatic carbocycles. The monoisotopic (exact) mass is 203 g/mol. The van der Waals surface area contributed by atoms with Gasteiger partial charge in [-0.1, -0.05) is 6.92 Å². The third kappa shape index (κ3) is 8.99. The molecule has 0 aliphatic carbocycles. The number of carbonyl (C=O) groups is 2. The summed E-state index contributed by atoms with van der Waals surface area (Å²) in [5, 5.41) is 10.9. The maximum Gasteiger partial charge on any atom is 0.303 e. The van der Waals surface area contributed by atoms with Crippen LogP contribution in [0.5, 0.6) is 0 Å². The third-order valence-electron chi connectivity index (χ3n) is 1.48. The highest BCUT2D eigenvalue weighted by Gasteiger charge is 2.03. The van der Waals surface area contributed by atoms with Crippen LogP contribution in [0.1, 0.15) is 26.2 Å². The van der Waals surface area contributed by atoms with E-state index in [4.69, 9.17) is 9.84 Å². The number of hydrogen-bond donors (Lipinski definition) is 2. The highest BCUT2D eigenvalue weighted by Crippen LogP contribution is 1.88. The number of carboxylic acids is 1. The van der Waals surface area contributed by atoms with Crippen molar-refractivity contribution in [1.29, 1.82) is 0 Å². The lowest BCUT2D eigenvalue weighted by atomic mass is 10.3. The predicted molar refractivity (Wildman–Crippen MR) is 51.0 cm³/mol. The van der Waals surface area contributed by atoms with E-state index in [9.17, 15) is 9.59 Å². The van der Waals surface area contributed by atoms with E-state index in [2.05, 4.69) is 5.32 Å². The summed E-state index contributed by atoms with van der Waals surface area (Å²) in [6.45, 7) is 3.61. The molecule has 0 atom stereocenters. The van der Waals surface area contributed by atoms with Crippen molar-refractivity contribution in [3.63, 3.8) is 0 Å². The maximum absolute atomic E-state index is 11.0. The molecule has 2 N–H and O–H groups in total. The molecule has 0 bridgehead atoms. The minimum absolute atomic E-state index is 0.0309. The third-order valence-corrected chi connectivity index (χ3v) is 1.48. The summed E-state index contributed by atoms with van der Waals surface area (Å²) in [4.78, 5) is 21.1. The van der Waals surface area contributed by atoms with E-state index < -0.39 is 5.97 Å². The number of rotatable bonds is 8. The van der Waals surface area contributed by atoms with Gasteiger partial charge >= 0.3 is 5.97 Å². The zero-order valence-electron chi connectivity index (χ0n) is 8.41. The first-order valence-corrected chi connectivity index (χ1v) is 4.73. The molecule has 82 valence electrons. The van der Waals surface area contributed by atoms with Crippen molar-refractivity contribution in [1.82, 2.24) is 5.32 Å². The predicted octanol–water partition coefficient (Wildman–Crippen LogP) is 0.394. The SMILES string of the molecule is CCCOCCNC(=O)CCC(=O)O. The average molecular weight is 203 g/mol. The van der Waals surface area contributed by atoms with Crippen LogP contribution in [-0.2, 0) is 14.3 Å². The minimum atomic E-state index is -0.956. The fraction of sp³-hybridized carbons (Fsp3) is 0.778. The molecule has 0 saturated heterocycles. The normalized spacial score (nSPS) is 9.79. The number of ether oxygens (including phenoxy) is 1. The first-order valence-electron chi connectivity index (χ1n) is 4.73. The summed E-state index contributed by atoms with van der Waals surface area (Å²) in [7, 11) is 0. The van der Waals surface area contributed by atoms with E-state index in [1.807, 2.05) is 6.92 Å². The van der Waals surface area contributed by atoms with Gasteiger partial charge in [-0.2, -0.15) is 0 Å². The Morgan fingerprint density at radius 3 is 2.57 bits per heavy atom. The second-order valence-electron chi connectivity index (χ2n) is 2.86. The highest BCUT2D eigenvalue weighted by atomic mass is 16.5. The Morgan fingerprint density at radius 2 is 2.00 bits per heavy atom.